The highest BCUT2D eigenvalue weighted by Gasteiger charge is 2.08. The molecule has 0 fully saturated rings. The predicted molar refractivity (Wildman–Crippen MR) is 57.0 cm³/mol. The Balaban J connectivity index is 2.34. The fourth-order valence-corrected chi connectivity index (χ4v) is 1.33. The van der Waals surface area contributed by atoms with Crippen molar-refractivity contribution in [1.82, 2.24) is 25.1 Å². The molecule has 0 unspecified atom stereocenters. The molecule has 5 heteroatoms. The molecular weight excluding hydrogens is 190 g/mol. The maximum absolute atomic E-state index is 4.40. The van der Waals surface area contributed by atoms with Gasteiger partial charge >= 0.3 is 0 Å². The summed E-state index contributed by atoms with van der Waals surface area (Å²) in [5.41, 5.74) is 0.801. The second-order valence-corrected chi connectivity index (χ2v) is 3.22. The van der Waals surface area contributed by atoms with Gasteiger partial charge in [-0.3, -0.25) is 9.67 Å². The lowest BCUT2D eigenvalue weighted by atomic mass is 10.3. The highest BCUT2D eigenvalue weighted by molar-refractivity contribution is 5.47. The summed E-state index contributed by atoms with van der Waals surface area (Å²) in [5.74, 6) is 1.57. The normalized spacial score (nSPS) is 10.5. The number of hydrogen-bond donors (Lipinski definition) is 1. The molecule has 0 saturated heterocycles. The Kier molecular flexibility index (Phi) is 2.73. The molecule has 2 aromatic heterocycles. The molecule has 0 amide bonds. The zero-order valence-electron chi connectivity index (χ0n) is 8.81. The van der Waals surface area contributed by atoms with Gasteiger partial charge < -0.3 is 5.32 Å². The number of rotatable bonds is 3. The summed E-state index contributed by atoms with van der Waals surface area (Å²) in [5, 5.41) is 7.35. The summed E-state index contributed by atoms with van der Waals surface area (Å²) in [6, 6.07) is 5.70. The van der Waals surface area contributed by atoms with Gasteiger partial charge in [-0.25, -0.2) is 4.98 Å². The predicted octanol–water partition coefficient (Wildman–Crippen LogP) is 0.596. The molecule has 78 valence electrons. The molecule has 0 saturated carbocycles. The van der Waals surface area contributed by atoms with Gasteiger partial charge in [0.1, 0.15) is 11.5 Å². The minimum atomic E-state index is 0.670. The van der Waals surface area contributed by atoms with Gasteiger partial charge in [0.2, 0.25) is 0 Å². The molecule has 0 atom stereocenters. The van der Waals surface area contributed by atoms with E-state index in [4.69, 9.17) is 0 Å². The highest BCUT2D eigenvalue weighted by Crippen LogP contribution is 2.11. The van der Waals surface area contributed by atoms with Gasteiger partial charge in [0.15, 0.2) is 5.82 Å². The number of nitrogens with one attached hydrogen (secondary N) is 1. The Morgan fingerprint density at radius 2 is 2.27 bits per heavy atom. The molecule has 0 radical (unpaired) electrons. The molecule has 2 heterocycles. The van der Waals surface area contributed by atoms with Crippen LogP contribution in [0.3, 0.4) is 0 Å². The minimum Gasteiger partial charge on any atom is -0.313 e. The fraction of sp³-hybridized carbons (Fsp3) is 0.300. The molecule has 0 spiro atoms. The van der Waals surface area contributed by atoms with Crippen LogP contribution in [-0.2, 0) is 13.6 Å². The second kappa shape index (κ2) is 4.18. The third-order valence-electron chi connectivity index (χ3n) is 2.08. The van der Waals surface area contributed by atoms with Crippen LogP contribution in [0.15, 0.2) is 24.4 Å². The van der Waals surface area contributed by atoms with E-state index in [0.717, 1.165) is 11.5 Å². The lowest BCUT2D eigenvalue weighted by Crippen LogP contribution is -2.10. The molecule has 0 aliphatic heterocycles. The van der Waals surface area contributed by atoms with Crippen molar-refractivity contribution in [2.24, 2.45) is 7.05 Å². The van der Waals surface area contributed by atoms with E-state index >= 15 is 0 Å². The molecular formula is C10H13N5. The maximum atomic E-state index is 4.40. The first kappa shape index (κ1) is 9.79. The van der Waals surface area contributed by atoms with Gasteiger partial charge in [-0.1, -0.05) is 6.07 Å². The van der Waals surface area contributed by atoms with E-state index in [9.17, 15) is 0 Å². The van der Waals surface area contributed by atoms with Gasteiger partial charge in [-0.05, 0) is 19.2 Å². The SMILES string of the molecule is CNCc1nc(-c2ccccn2)nn1C. The van der Waals surface area contributed by atoms with E-state index in [2.05, 4.69) is 20.4 Å². The van der Waals surface area contributed by atoms with Crippen LogP contribution >= 0.6 is 0 Å². The molecule has 0 aliphatic rings. The van der Waals surface area contributed by atoms with Gasteiger partial charge in [-0.2, -0.15) is 0 Å². The van der Waals surface area contributed by atoms with E-state index in [1.165, 1.54) is 0 Å². The van der Waals surface area contributed by atoms with Crippen LogP contribution in [0.1, 0.15) is 5.82 Å². The first-order valence-electron chi connectivity index (χ1n) is 4.77. The average molecular weight is 203 g/mol. The summed E-state index contributed by atoms with van der Waals surface area (Å²) >= 11 is 0. The van der Waals surface area contributed by atoms with Crippen molar-refractivity contribution in [2.45, 2.75) is 6.54 Å². The van der Waals surface area contributed by atoms with Gasteiger partial charge in [0.05, 0.1) is 6.54 Å². The van der Waals surface area contributed by atoms with Crippen LogP contribution in [0.5, 0.6) is 0 Å². The largest absolute Gasteiger partial charge is 0.313 e. The second-order valence-electron chi connectivity index (χ2n) is 3.22. The van der Waals surface area contributed by atoms with Crippen molar-refractivity contribution < 1.29 is 0 Å². The van der Waals surface area contributed by atoms with Crippen molar-refractivity contribution in [1.29, 1.82) is 0 Å². The summed E-state index contributed by atoms with van der Waals surface area (Å²) in [6.07, 6.45) is 1.74. The molecule has 0 aromatic carbocycles. The van der Waals surface area contributed by atoms with Crippen molar-refractivity contribution in [3.05, 3.63) is 30.2 Å². The smallest absolute Gasteiger partial charge is 0.200 e. The Hall–Kier alpha value is -1.75. The highest BCUT2D eigenvalue weighted by atomic mass is 15.3. The Labute approximate surface area is 88.2 Å². The number of nitrogens with zero attached hydrogens (tertiary/aromatic N) is 4. The van der Waals surface area contributed by atoms with Crippen LogP contribution in [0.2, 0.25) is 0 Å². The standard InChI is InChI=1S/C10H13N5/c1-11-7-9-13-10(14-15(9)2)8-5-3-4-6-12-8/h3-6,11H,7H2,1-2H3. The van der Waals surface area contributed by atoms with E-state index < -0.39 is 0 Å². The van der Waals surface area contributed by atoms with E-state index in [1.807, 2.05) is 32.3 Å². The van der Waals surface area contributed by atoms with Crippen molar-refractivity contribution in [3.8, 4) is 11.5 Å². The third kappa shape index (κ3) is 2.02. The summed E-state index contributed by atoms with van der Waals surface area (Å²) in [6.45, 7) is 0.705. The maximum Gasteiger partial charge on any atom is 0.200 e. The van der Waals surface area contributed by atoms with Crippen LogP contribution in [0, 0.1) is 0 Å². The number of aromatic nitrogens is 4. The Morgan fingerprint density at radius 1 is 1.40 bits per heavy atom. The van der Waals surface area contributed by atoms with Crippen LogP contribution in [0.4, 0.5) is 0 Å². The molecule has 15 heavy (non-hydrogen) atoms. The zero-order chi connectivity index (χ0) is 10.7. The topological polar surface area (TPSA) is 55.6 Å². The van der Waals surface area contributed by atoms with E-state index in [-0.39, 0.29) is 0 Å². The lowest BCUT2D eigenvalue weighted by molar-refractivity contribution is 0.660. The quantitative estimate of drug-likeness (QED) is 0.793. The Bertz CT molecular complexity index is 434. The van der Waals surface area contributed by atoms with Crippen LogP contribution < -0.4 is 5.32 Å². The zero-order valence-corrected chi connectivity index (χ0v) is 8.81. The number of pyridine rings is 1. The summed E-state index contributed by atoms with van der Waals surface area (Å²) in [7, 11) is 3.77. The molecule has 1 N–H and O–H groups in total. The first-order chi connectivity index (χ1) is 7.31. The van der Waals surface area contributed by atoms with E-state index in [0.29, 0.717) is 12.4 Å². The number of hydrogen-bond acceptors (Lipinski definition) is 4. The molecule has 2 aromatic rings. The lowest BCUT2D eigenvalue weighted by Gasteiger charge is -1.95. The van der Waals surface area contributed by atoms with Crippen molar-refractivity contribution >= 4 is 0 Å². The monoisotopic (exact) mass is 203 g/mol. The van der Waals surface area contributed by atoms with E-state index in [1.54, 1.807) is 10.9 Å². The molecule has 5 nitrogen and oxygen atoms in total. The van der Waals surface area contributed by atoms with Gasteiger partial charge in [-0.15, -0.1) is 5.10 Å². The fourth-order valence-electron chi connectivity index (χ4n) is 1.33. The van der Waals surface area contributed by atoms with Crippen molar-refractivity contribution in [3.63, 3.8) is 0 Å². The molecule has 2 rings (SSSR count). The minimum absolute atomic E-state index is 0.670. The molecule has 0 aliphatic carbocycles. The van der Waals surface area contributed by atoms with Crippen LogP contribution in [-0.4, -0.2) is 26.8 Å². The van der Waals surface area contributed by atoms with Gasteiger partial charge in [0.25, 0.3) is 0 Å². The average Bonchev–Trinajstić information content (AvgIpc) is 2.63. The summed E-state index contributed by atoms with van der Waals surface area (Å²) < 4.78 is 1.76. The third-order valence-corrected chi connectivity index (χ3v) is 2.08. The number of aryl methyl sites for hydroxylation is 1. The van der Waals surface area contributed by atoms with Crippen molar-refractivity contribution in [2.75, 3.05) is 7.05 Å². The summed E-state index contributed by atoms with van der Waals surface area (Å²) in [4.78, 5) is 8.60. The molecule has 0 bridgehead atoms. The Morgan fingerprint density at radius 3 is 2.93 bits per heavy atom. The van der Waals surface area contributed by atoms with Crippen LogP contribution in [0.25, 0.3) is 11.5 Å². The first-order valence-corrected chi connectivity index (χ1v) is 4.77. The van der Waals surface area contributed by atoms with Gasteiger partial charge in [0, 0.05) is 13.2 Å².